The summed E-state index contributed by atoms with van der Waals surface area (Å²) in [7, 11) is -0.290. The van der Waals surface area contributed by atoms with Crippen LogP contribution in [0.2, 0.25) is 0 Å². The van der Waals surface area contributed by atoms with Crippen molar-refractivity contribution in [3.63, 3.8) is 0 Å². The van der Waals surface area contributed by atoms with E-state index >= 15 is 0 Å². The molecule has 1 aliphatic heterocycles. The van der Waals surface area contributed by atoms with Gasteiger partial charge in [0.05, 0.1) is 13.2 Å². The maximum absolute atomic E-state index is 12.6. The number of fused-ring (bicyclic) bond motifs is 3. The van der Waals surface area contributed by atoms with Gasteiger partial charge in [-0.1, -0.05) is 6.07 Å². The number of nitrogens with one attached hydrogen (secondary N) is 1. The average Bonchev–Trinajstić information content (AvgIpc) is 3.32. The van der Waals surface area contributed by atoms with E-state index in [1.54, 1.807) is 11.8 Å². The van der Waals surface area contributed by atoms with E-state index in [0.717, 1.165) is 37.8 Å². The highest BCUT2D eigenvalue weighted by atomic mass is 32.2. The molecule has 1 aromatic heterocycles. The monoisotopic (exact) mass is 401 g/mol. The number of hydrogen-bond donors (Lipinski definition) is 1. The van der Waals surface area contributed by atoms with Gasteiger partial charge in [0.2, 0.25) is 0 Å². The Kier molecular flexibility index (Phi) is 4.36. The fraction of sp³-hybridized carbons (Fsp3) is 0.474. The Hall–Kier alpha value is -2.39. The molecular formula is C19H21N4O4S-. The second kappa shape index (κ2) is 6.89. The minimum atomic E-state index is -1.89. The zero-order valence-electron chi connectivity index (χ0n) is 15.6. The summed E-state index contributed by atoms with van der Waals surface area (Å²) in [4.78, 5) is 12.8. The van der Waals surface area contributed by atoms with E-state index in [0.29, 0.717) is 23.9 Å². The van der Waals surface area contributed by atoms with E-state index in [2.05, 4.69) is 20.8 Å². The lowest BCUT2D eigenvalue weighted by Crippen LogP contribution is -2.20. The second-order valence-electron chi connectivity index (χ2n) is 7.34. The molecule has 1 N–H and O–H groups in total. The van der Waals surface area contributed by atoms with Gasteiger partial charge in [-0.3, -0.25) is 0 Å². The van der Waals surface area contributed by atoms with Gasteiger partial charge in [0.15, 0.2) is 5.88 Å². The van der Waals surface area contributed by atoms with Gasteiger partial charge in [0, 0.05) is 19.0 Å². The van der Waals surface area contributed by atoms with Crippen molar-refractivity contribution in [3.8, 4) is 5.88 Å². The number of rotatable bonds is 4. The first-order valence-corrected chi connectivity index (χ1v) is 10.6. The number of carbonyl (C=O) groups excluding carboxylic acids is 1. The van der Waals surface area contributed by atoms with Crippen LogP contribution < -0.4 is 10.1 Å². The third kappa shape index (κ3) is 2.89. The molecule has 1 atom stereocenters. The number of carbonyl (C=O) groups is 1. The first-order chi connectivity index (χ1) is 13.6. The Balaban J connectivity index is 1.38. The number of benzene rings is 1. The minimum Gasteiger partial charge on any atom is -0.471 e. The summed E-state index contributed by atoms with van der Waals surface area (Å²) in [5.41, 5.74) is 5.93. The molecule has 2 aliphatic carbocycles. The van der Waals surface area contributed by atoms with Crippen LogP contribution in [-0.4, -0.2) is 35.6 Å². The van der Waals surface area contributed by atoms with Crippen molar-refractivity contribution in [3.05, 3.63) is 34.5 Å². The molecule has 9 heteroatoms. The van der Waals surface area contributed by atoms with E-state index < -0.39 is 16.6 Å². The van der Waals surface area contributed by atoms with Gasteiger partial charge in [-0.25, -0.2) is 9.48 Å². The third-order valence-corrected chi connectivity index (χ3v) is 6.59. The van der Waals surface area contributed by atoms with E-state index in [1.165, 1.54) is 28.5 Å². The molecule has 0 fully saturated rings. The summed E-state index contributed by atoms with van der Waals surface area (Å²) in [6.45, 7) is 0.937. The summed E-state index contributed by atoms with van der Waals surface area (Å²) in [6, 6.07) is 1.68. The van der Waals surface area contributed by atoms with E-state index in [1.807, 2.05) is 0 Å². The molecule has 1 aromatic carbocycles. The molecule has 0 saturated heterocycles. The second-order valence-corrected chi connectivity index (χ2v) is 8.46. The van der Waals surface area contributed by atoms with Gasteiger partial charge in [-0.15, -0.1) is 10.6 Å². The van der Waals surface area contributed by atoms with Crippen LogP contribution in [0.3, 0.4) is 0 Å². The van der Waals surface area contributed by atoms with Crippen LogP contribution in [0.15, 0.2) is 21.5 Å². The first kappa shape index (κ1) is 17.7. The maximum Gasteiger partial charge on any atom is 0.322 e. The van der Waals surface area contributed by atoms with Gasteiger partial charge in [0.25, 0.3) is 0 Å². The van der Waals surface area contributed by atoms with Crippen LogP contribution in [0.4, 0.5) is 10.5 Å². The largest absolute Gasteiger partial charge is 0.471 e. The number of nitrogens with zero attached hydrogens (tertiary/aromatic N) is 3. The van der Waals surface area contributed by atoms with Crippen LogP contribution in [0.5, 0.6) is 5.88 Å². The van der Waals surface area contributed by atoms with Gasteiger partial charge in [-0.05, 0) is 59.3 Å². The zero-order valence-corrected chi connectivity index (χ0v) is 16.4. The predicted molar refractivity (Wildman–Crippen MR) is 102 cm³/mol. The molecule has 148 valence electrons. The van der Waals surface area contributed by atoms with Crippen LogP contribution in [0, 0.1) is 0 Å². The van der Waals surface area contributed by atoms with Gasteiger partial charge < -0.3 is 23.4 Å². The molecule has 2 amide bonds. The Bertz CT molecular complexity index is 1050. The van der Waals surface area contributed by atoms with Gasteiger partial charge >= 0.3 is 6.03 Å². The van der Waals surface area contributed by atoms with Crippen molar-refractivity contribution >= 4 is 22.3 Å². The summed E-state index contributed by atoms with van der Waals surface area (Å²) in [5.74, 6) is 0.390. The van der Waals surface area contributed by atoms with Crippen molar-refractivity contribution in [2.45, 2.75) is 49.6 Å². The Morgan fingerprint density at radius 2 is 2.18 bits per heavy atom. The zero-order chi connectivity index (χ0) is 19.3. The SMILES string of the molecule is COC[C@@H]1Cn2ncc([S-](=O)=NC(=O)Nc3c4c(cc5c3CC5)CCC4)c2O1. The van der Waals surface area contributed by atoms with Crippen LogP contribution in [0.25, 0.3) is 0 Å². The smallest absolute Gasteiger partial charge is 0.322 e. The molecule has 8 nitrogen and oxygen atoms in total. The number of amides is 2. The molecule has 0 spiro atoms. The van der Waals surface area contributed by atoms with Gasteiger partial charge in [0.1, 0.15) is 6.10 Å². The lowest BCUT2D eigenvalue weighted by molar-refractivity contribution is 0.0920. The topological polar surface area (TPSA) is 94.8 Å². The molecule has 0 radical (unpaired) electrons. The molecule has 5 rings (SSSR count). The van der Waals surface area contributed by atoms with Gasteiger partial charge in [-0.2, -0.15) is 5.10 Å². The predicted octanol–water partition coefficient (Wildman–Crippen LogP) is 2.62. The van der Waals surface area contributed by atoms with Crippen LogP contribution >= 0.6 is 0 Å². The molecule has 28 heavy (non-hydrogen) atoms. The summed E-state index contributed by atoms with van der Waals surface area (Å²) < 4.78 is 28.9. The number of aryl methyl sites for hydroxylation is 2. The van der Waals surface area contributed by atoms with Crippen molar-refractivity contribution in [2.75, 3.05) is 19.0 Å². The van der Waals surface area contributed by atoms with Crippen molar-refractivity contribution in [2.24, 2.45) is 4.36 Å². The number of hydrogen-bond acceptors (Lipinski definition) is 6. The Labute approximate surface area is 164 Å². The minimum absolute atomic E-state index is 0.177. The number of urea groups is 1. The first-order valence-electron chi connectivity index (χ1n) is 9.46. The normalized spacial score (nSPS) is 20.1. The highest BCUT2D eigenvalue weighted by Gasteiger charge is 2.27. The van der Waals surface area contributed by atoms with Crippen LogP contribution in [0.1, 0.15) is 28.7 Å². The highest BCUT2D eigenvalue weighted by Crippen LogP contribution is 2.39. The highest BCUT2D eigenvalue weighted by molar-refractivity contribution is 7.75. The summed E-state index contributed by atoms with van der Waals surface area (Å²) >= 11 is 0. The van der Waals surface area contributed by atoms with Crippen molar-refractivity contribution in [1.29, 1.82) is 0 Å². The summed E-state index contributed by atoms with van der Waals surface area (Å²) in [6.07, 6.45) is 6.41. The fourth-order valence-corrected chi connectivity index (χ4v) is 4.97. The molecule has 2 aromatic rings. The molecular weight excluding hydrogens is 380 g/mol. The quantitative estimate of drug-likeness (QED) is 0.795. The number of ether oxygens (including phenoxy) is 2. The average molecular weight is 401 g/mol. The van der Waals surface area contributed by atoms with Crippen molar-refractivity contribution < 1.29 is 18.5 Å². The Morgan fingerprint density at radius 3 is 2.96 bits per heavy atom. The number of methoxy groups -OCH3 is 1. The molecule has 0 unspecified atom stereocenters. The number of aromatic nitrogens is 2. The lowest BCUT2D eigenvalue weighted by Gasteiger charge is -2.25. The van der Waals surface area contributed by atoms with E-state index in [-0.39, 0.29) is 6.10 Å². The Morgan fingerprint density at radius 1 is 1.36 bits per heavy atom. The molecule has 0 bridgehead atoms. The van der Waals surface area contributed by atoms with E-state index in [4.69, 9.17) is 9.47 Å². The number of anilines is 1. The maximum atomic E-state index is 12.6. The lowest BCUT2D eigenvalue weighted by atomic mass is 9.83. The summed E-state index contributed by atoms with van der Waals surface area (Å²) in [5, 5.41) is 7.08. The van der Waals surface area contributed by atoms with Crippen LogP contribution in [-0.2, 0) is 51.8 Å². The van der Waals surface area contributed by atoms with E-state index in [9.17, 15) is 9.00 Å². The molecule has 0 saturated carbocycles. The third-order valence-electron chi connectivity index (χ3n) is 5.60. The van der Waals surface area contributed by atoms with Crippen molar-refractivity contribution in [1.82, 2.24) is 9.78 Å². The standard InChI is InChI=1S/C19H21N4O4S/c1-26-10-13-9-23-18(27-13)16(8-20-23)28(25)22-19(24)21-17-14-4-2-3-11(14)7-12-5-6-15(12)17/h7-8,13H,2-6,9-10H2,1H3,(H,21,24)/q-1/t13-/m0/s1. The molecule has 2 heterocycles. The fourth-order valence-electron chi connectivity index (χ4n) is 4.24. The molecule has 3 aliphatic rings.